The van der Waals surface area contributed by atoms with Crippen molar-refractivity contribution in [2.45, 2.75) is 24.9 Å². The van der Waals surface area contributed by atoms with Crippen LogP contribution >= 0.6 is 0 Å². The van der Waals surface area contributed by atoms with Crippen LogP contribution in [0.4, 0.5) is 5.69 Å². The highest BCUT2D eigenvalue weighted by atomic mass is 16.5. The molecule has 1 unspecified atom stereocenters. The first-order chi connectivity index (χ1) is 8.81. The molecule has 3 saturated heterocycles. The van der Waals surface area contributed by atoms with Gasteiger partial charge in [0, 0.05) is 43.4 Å². The van der Waals surface area contributed by atoms with Crippen molar-refractivity contribution in [3.05, 3.63) is 17.8 Å². The van der Waals surface area contributed by atoms with E-state index in [0.717, 1.165) is 18.8 Å². The van der Waals surface area contributed by atoms with Crippen LogP contribution in [-0.4, -0.2) is 42.2 Å². The van der Waals surface area contributed by atoms with E-state index in [2.05, 4.69) is 15.2 Å². The van der Waals surface area contributed by atoms with Crippen molar-refractivity contribution in [1.82, 2.24) is 9.88 Å². The fourth-order valence-corrected chi connectivity index (χ4v) is 3.93. The Kier molecular flexibility index (Phi) is 2.13. The lowest BCUT2D eigenvalue weighted by Crippen LogP contribution is -2.61. The van der Waals surface area contributed by atoms with Gasteiger partial charge in [0.25, 0.3) is 0 Å². The number of nitrogens with zero attached hydrogens (tertiary/aromatic N) is 2. The van der Waals surface area contributed by atoms with Gasteiger partial charge in [-0.2, -0.15) is 0 Å². The third-order valence-corrected chi connectivity index (χ3v) is 4.88. The van der Waals surface area contributed by atoms with E-state index < -0.39 is 0 Å². The number of nitrogens with one attached hydrogen (secondary N) is 1. The van der Waals surface area contributed by atoms with Crippen LogP contribution in [0.3, 0.4) is 0 Å². The van der Waals surface area contributed by atoms with Gasteiger partial charge in [0.15, 0.2) is 0 Å². The summed E-state index contributed by atoms with van der Waals surface area (Å²) in [5, 5.41) is 3.26. The molecule has 0 aliphatic carbocycles. The van der Waals surface area contributed by atoms with Gasteiger partial charge < -0.3 is 10.1 Å². The quantitative estimate of drug-likeness (QED) is 0.814. The molecule has 2 bridgehead atoms. The van der Waals surface area contributed by atoms with Crippen LogP contribution in [-0.2, 0) is 6.42 Å². The summed E-state index contributed by atoms with van der Waals surface area (Å²) in [7, 11) is 1.97. The van der Waals surface area contributed by atoms with Gasteiger partial charge in [-0.15, -0.1) is 0 Å². The van der Waals surface area contributed by atoms with Crippen molar-refractivity contribution in [3.8, 4) is 5.88 Å². The molecule has 1 aromatic rings. The highest BCUT2D eigenvalue weighted by molar-refractivity contribution is 5.57. The molecule has 4 aliphatic heterocycles. The molecule has 4 aliphatic rings. The molecular formula is C14H19N3O. The maximum Gasteiger partial charge on any atom is 0.219 e. The second kappa shape index (κ2) is 3.60. The summed E-state index contributed by atoms with van der Waals surface area (Å²) in [4.78, 5) is 6.97. The van der Waals surface area contributed by atoms with E-state index >= 15 is 0 Å². The molecule has 5 heterocycles. The standard InChI is InChI=1S/C14H19N3O/c1-15-12-2-5-16-13-11(12)8-14(18-13)9-17-6-3-10(14)4-7-17/h2,5,10H,3-4,6-9H2,1H3,(H,15,16). The van der Waals surface area contributed by atoms with Crippen molar-refractivity contribution in [2.75, 3.05) is 32.0 Å². The lowest BCUT2D eigenvalue weighted by Gasteiger charge is -2.50. The number of aromatic nitrogens is 1. The van der Waals surface area contributed by atoms with E-state index in [-0.39, 0.29) is 5.60 Å². The number of anilines is 1. The Bertz CT molecular complexity index is 482. The van der Waals surface area contributed by atoms with Gasteiger partial charge in [-0.05, 0) is 32.0 Å². The molecule has 96 valence electrons. The number of hydrogen-bond donors (Lipinski definition) is 1. The largest absolute Gasteiger partial charge is 0.469 e. The Morgan fingerprint density at radius 3 is 2.94 bits per heavy atom. The van der Waals surface area contributed by atoms with Crippen molar-refractivity contribution in [1.29, 1.82) is 0 Å². The summed E-state index contributed by atoms with van der Waals surface area (Å²) in [6, 6.07) is 2.04. The van der Waals surface area contributed by atoms with Gasteiger partial charge in [0.1, 0.15) is 5.60 Å². The lowest BCUT2D eigenvalue weighted by atomic mass is 9.73. The molecule has 5 rings (SSSR count). The summed E-state index contributed by atoms with van der Waals surface area (Å²) >= 11 is 0. The number of fused-ring (bicyclic) bond motifs is 3. The first-order valence-electron chi connectivity index (χ1n) is 6.88. The van der Waals surface area contributed by atoms with Gasteiger partial charge in [-0.3, -0.25) is 4.90 Å². The topological polar surface area (TPSA) is 37.4 Å². The predicted molar refractivity (Wildman–Crippen MR) is 70.0 cm³/mol. The van der Waals surface area contributed by atoms with E-state index in [1.807, 2.05) is 19.3 Å². The van der Waals surface area contributed by atoms with Crippen LogP contribution in [0.5, 0.6) is 5.88 Å². The van der Waals surface area contributed by atoms with Gasteiger partial charge in [0.05, 0.1) is 0 Å². The third-order valence-electron chi connectivity index (χ3n) is 4.88. The molecule has 0 radical (unpaired) electrons. The Hall–Kier alpha value is -1.29. The molecule has 18 heavy (non-hydrogen) atoms. The molecule has 1 N–H and O–H groups in total. The van der Waals surface area contributed by atoms with E-state index in [9.17, 15) is 0 Å². The van der Waals surface area contributed by atoms with Crippen LogP contribution in [0.15, 0.2) is 12.3 Å². The summed E-state index contributed by atoms with van der Waals surface area (Å²) < 4.78 is 6.32. The molecule has 4 nitrogen and oxygen atoms in total. The van der Waals surface area contributed by atoms with Gasteiger partial charge in [0.2, 0.25) is 5.88 Å². The molecule has 3 fully saturated rings. The first kappa shape index (κ1) is 10.6. The van der Waals surface area contributed by atoms with Gasteiger partial charge in [-0.1, -0.05) is 0 Å². The van der Waals surface area contributed by atoms with Crippen molar-refractivity contribution >= 4 is 5.69 Å². The number of hydrogen-bond acceptors (Lipinski definition) is 4. The third kappa shape index (κ3) is 1.32. The van der Waals surface area contributed by atoms with Crippen LogP contribution < -0.4 is 10.1 Å². The average molecular weight is 245 g/mol. The van der Waals surface area contributed by atoms with E-state index in [0.29, 0.717) is 5.92 Å². The number of rotatable bonds is 1. The average Bonchev–Trinajstić information content (AvgIpc) is 2.77. The smallest absolute Gasteiger partial charge is 0.219 e. The monoisotopic (exact) mass is 245 g/mol. The zero-order valence-electron chi connectivity index (χ0n) is 10.8. The molecule has 0 aromatic carbocycles. The number of ether oxygens (including phenoxy) is 1. The second-order valence-corrected chi connectivity index (χ2v) is 5.79. The van der Waals surface area contributed by atoms with E-state index in [1.165, 1.54) is 37.2 Å². The minimum Gasteiger partial charge on any atom is -0.469 e. The predicted octanol–water partition coefficient (Wildman–Crippen LogP) is 1.52. The Morgan fingerprint density at radius 2 is 2.28 bits per heavy atom. The zero-order valence-corrected chi connectivity index (χ0v) is 10.8. The lowest BCUT2D eigenvalue weighted by molar-refractivity contribution is -0.0814. The van der Waals surface area contributed by atoms with Crippen molar-refractivity contribution in [2.24, 2.45) is 5.92 Å². The van der Waals surface area contributed by atoms with Gasteiger partial charge >= 0.3 is 0 Å². The van der Waals surface area contributed by atoms with Crippen molar-refractivity contribution in [3.63, 3.8) is 0 Å². The van der Waals surface area contributed by atoms with Gasteiger partial charge in [-0.25, -0.2) is 4.98 Å². The van der Waals surface area contributed by atoms with Crippen LogP contribution in [0.25, 0.3) is 0 Å². The van der Waals surface area contributed by atoms with Crippen LogP contribution in [0, 0.1) is 5.92 Å². The van der Waals surface area contributed by atoms with Crippen molar-refractivity contribution < 1.29 is 4.74 Å². The summed E-state index contributed by atoms with van der Waals surface area (Å²) in [5.41, 5.74) is 2.46. The maximum absolute atomic E-state index is 6.32. The Morgan fingerprint density at radius 1 is 1.44 bits per heavy atom. The number of pyridine rings is 1. The molecule has 0 amide bonds. The summed E-state index contributed by atoms with van der Waals surface area (Å²) in [5.74, 6) is 1.57. The minimum absolute atomic E-state index is 0.0127. The van der Waals surface area contributed by atoms with Crippen LogP contribution in [0.1, 0.15) is 18.4 Å². The zero-order chi connectivity index (χ0) is 12.2. The SMILES string of the molecule is CNc1ccnc2c1CC1(CN3CCC1CC3)O2. The minimum atomic E-state index is 0.0127. The fraction of sp³-hybridized carbons (Fsp3) is 0.643. The van der Waals surface area contributed by atoms with Crippen LogP contribution in [0.2, 0.25) is 0 Å². The summed E-state index contributed by atoms with van der Waals surface area (Å²) in [6.45, 7) is 3.58. The molecule has 4 heteroatoms. The Balaban J connectivity index is 1.72. The highest BCUT2D eigenvalue weighted by Gasteiger charge is 2.52. The molecule has 1 atom stereocenters. The summed E-state index contributed by atoms with van der Waals surface area (Å²) in [6.07, 6.45) is 5.42. The van der Waals surface area contributed by atoms with E-state index in [4.69, 9.17) is 4.74 Å². The second-order valence-electron chi connectivity index (χ2n) is 5.79. The molecular weight excluding hydrogens is 226 g/mol. The highest BCUT2D eigenvalue weighted by Crippen LogP contribution is 2.47. The maximum atomic E-state index is 6.32. The molecule has 1 aromatic heterocycles. The first-order valence-corrected chi connectivity index (χ1v) is 6.88. The Labute approximate surface area is 107 Å². The normalized spacial score (nSPS) is 36.5. The molecule has 1 spiro atoms. The molecule has 0 saturated carbocycles. The van der Waals surface area contributed by atoms with E-state index in [1.54, 1.807) is 0 Å². The fourth-order valence-electron chi connectivity index (χ4n) is 3.93. The number of piperidine rings is 3.